The van der Waals surface area contributed by atoms with Gasteiger partial charge in [-0.3, -0.25) is 9.69 Å². The first-order valence-corrected chi connectivity index (χ1v) is 8.62. The molecule has 1 heterocycles. The first-order chi connectivity index (χ1) is 10.6. The van der Waals surface area contributed by atoms with Crippen LogP contribution in [0.2, 0.25) is 0 Å². The van der Waals surface area contributed by atoms with Crippen LogP contribution in [0.25, 0.3) is 0 Å². The van der Waals surface area contributed by atoms with Crippen molar-refractivity contribution in [2.75, 3.05) is 18.9 Å². The molecule has 0 spiro atoms. The number of hydrogen-bond acceptors (Lipinski definition) is 3. The van der Waals surface area contributed by atoms with Gasteiger partial charge in [0.15, 0.2) is 0 Å². The standard InChI is InChI=1S/C18H24N2OS/c1-4-14(2)16-5-7-17(8-6-16)19-18(21)12-20(3)11-15-9-10-22-13-15/h5-10,13-14H,4,11-12H2,1-3H3,(H,19,21)/t14-/m1/s1. The highest BCUT2D eigenvalue weighted by Gasteiger charge is 2.08. The van der Waals surface area contributed by atoms with Crippen molar-refractivity contribution in [3.8, 4) is 0 Å². The van der Waals surface area contributed by atoms with E-state index >= 15 is 0 Å². The summed E-state index contributed by atoms with van der Waals surface area (Å²) in [5.74, 6) is 0.579. The number of nitrogens with zero attached hydrogens (tertiary/aromatic N) is 1. The van der Waals surface area contributed by atoms with Crippen LogP contribution in [0.5, 0.6) is 0 Å². The number of anilines is 1. The van der Waals surface area contributed by atoms with Gasteiger partial charge in [0.2, 0.25) is 5.91 Å². The zero-order chi connectivity index (χ0) is 15.9. The van der Waals surface area contributed by atoms with E-state index in [2.05, 4.69) is 48.1 Å². The Morgan fingerprint density at radius 3 is 2.59 bits per heavy atom. The highest BCUT2D eigenvalue weighted by molar-refractivity contribution is 7.07. The van der Waals surface area contributed by atoms with Crippen molar-refractivity contribution in [1.82, 2.24) is 4.90 Å². The summed E-state index contributed by atoms with van der Waals surface area (Å²) in [5.41, 5.74) is 3.43. The molecule has 0 aliphatic carbocycles. The van der Waals surface area contributed by atoms with E-state index in [9.17, 15) is 4.79 Å². The molecule has 1 aromatic heterocycles. The van der Waals surface area contributed by atoms with E-state index in [0.29, 0.717) is 12.5 Å². The lowest BCUT2D eigenvalue weighted by molar-refractivity contribution is -0.117. The van der Waals surface area contributed by atoms with Gasteiger partial charge in [-0.15, -0.1) is 0 Å². The molecule has 1 N–H and O–H groups in total. The van der Waals surface area contributed by atoms with Gasteiger partial charge in [0.25, 0.3) is 0 Å². The molecule has 0 saturated carbocycles. The summed E-state index contributed by atoms with van der Waals surface area (Å²) in [6, 6.07) is 10.3. The molecule has 0 radical (unpaired) electrons. The van der Waals surface area contributed by atoms with E-state index in [0.717, 1.165) is 18.7 Å². The van der Waals surface area contributed by atoms with Gasteiger partial charge in [0, 0.05) is 12.2 Å². The van der Waals surface area contributed by atoms with Gasteiger partial charge in [-0.05, 0) is 59.5 Å². The lowest BCUT2D eigenvalue weighted by Crippen LogP contribution is -2.29. The number of benzene rings is 1. The maximum atomic E-state index is 12.1. The summed E-state index contributed by atoms with van der Waals surface area (Å²) in [5, 5.41) is 7.13. The monoisotopic (exact) mass is 316 g/mol. The fourth-order valence-electron chi connectivity index (χ4n) is 2.33. The molecule has 1 amide bonds. The van der Waals surface area contributed by atoms with Crippen molar-refractivity contribution < 1.29 is 4.79 Å². The van der Waals surface area contributed by atoms with Crippen LogP contribution in [-0.4, -0.2) is 24.4 Å². The number of nitrogens with one attached hydrogen (secondary N) is 1. The zero-order valence-electron chi connectivity index (χ0n) is 13.5. The fraction of sp³-hybridized carbons (Fsp3) is 0.389. The van der Waals surface area contributed by atoms with Gasteiger partial charge < -0.3 is 5.32 Å². The Labute approximate surface area is 137 Å². The van der Waals surface area contributed by atoms with Crippen LogP contribution >= 0.6 is 11.3 Å². The van der Waals surface area contributed by atoms with E-state index in [1.165, 1.54) is 11.1 Å². The predicted octanol–water partition coefficient (Wildman–Crippen LogP) is 4.33. The third-order valence-electron chi connectivity index (χ3n) is 3.82. The van der Waals surface area contributed by atoms with Crippen LogP contribution in [0, 0.1) is 0 Å². The number of hydrogen-bond donors (Lipinski definition) is 1. The van der Waals surface area contributed by atoms with E-state index in [1.807, 2.05) is 24.1 Å². The lowest BCUT2D eigenvalue weighted by Gasteiger charge is -2.16. The third kappa shape index (κ3) is 4.97. The van der Waals surface area contributed by atoms with E-state index in [1.54, 1.807) is 11.3 Å². The number of likely N-dealkylation sites (N-methyl/N-ethyl adjacent to an activating group) is 1. The van der Waals surface area contributed by atoms with Gasteiger partial charge in [-0.2, -0.15) is 11.3 Å². The summed E-state index contributed by atoms with van der Waals surface area (Å²) in [7, 11) is 1.96. The Morgan fingerprint density at radius 1 is 1.27 bits per heavy atom. The summed E-state index contributed by atoms with van der Waals surface area (Å²) in [6.45, 7) is 5.59. The van der Waals surface area contributed by atoms with Crippen LogP contribution in [0.15, 0.2) is 41.1 Å². The number of amides is 1. The Hall–Kier alpha value is -1.65. The SMILES string of the molecule is CC[C@@H](C)c1ccc(NC(=O)CN(C)Cc2ccsc2)cc1. The highest BCUT2D eigenvalue weighted by atomic mass is 32.1. The maximum absolute atomic E-state index is 12.1. The molecule has 0 bridgehead atoms. The second-order valence-corrected chi connectivity index (χ2v) is 6.56. The second kappa shape index (κ2) is 8.11. The van der Waals surface area contributed by atoms with Gasteiger partial charge in [0.1, 0.15) is 0 Å². The van der Waals surface area contributed by atoms with Crippen LogP contribution in [0.3, 0.4) is 0 Å². The van der Waals surface area contributed by atoms with Crippen molar-refractivity contribution in [2.45, 2.75) is 32.7 Å². The van der Waals surface area contributed by atoms with E-state index in [-0.39, 0.29) is 5.91 Å². The molecule has 0 saturated heterocycles. The van der Waals surface area contributed by atoms with Crippen molar-refractivity contribution >= 4 is 22.9 Å². The average molecular weight is 316 g/mol. The largest absolute Gasteiger partial charge is 0.325 e. The normalized spacial score (nSPS) is 12.4. The fourth-order valence-corrected chi connectivity index (χ4v) is 2.99. The Balaban J connectivity index is 1.83. The van der Waals surface area contributed by atoms with Crippen molar-refractivity contribution in [1.29, 1.82) is 0 Å². The summed E-state index contributed by atoms with van der Waals surface area (Å²) in [4.78, 5) is 14.1. The highest BCUT2D eigenvalue weighted by Crippen LogP contribution is 2.20. The Kier molecular flexibility index (Phi) is 6.16. The van der Waals surface area contributed by atoms with Gasteiger partial charge in [-0.25, -0.2) is 0 Å². The number of carbonyl (C=O) groups is 1. The summed E-state index contributed by atoms with van der Waals surface area (Å²) in [6.07, 6.45) is 1.12. The molecule has 22 heavy (non-hydrogen) atoms. The smallest absolute Gasteiger partial charge is 0.238 e. The van der Waals surface area contributed by atoms with Crippen LogP contribution in [-0.2, 0) is 11.3 Å². The van der Waals surface area contributed by atoms with E-state index < -0.39 is 0 Å². The summed E-state index contributed by atoms with van der Waals surface area (Å²) < 4.78 is 0. The molecule has 1 aromatic carbocycles. The molecular formula is C18H24N2OS. The van der Waals surface area contributed by atoms with Gasteiger partial charge in [0.05, 0.1) is 6.54 Å². The molecule has 118 valence electrons. The number of carbonyl (C=O) groups excluding carboxylic acids is 1. The average Bonchev–Trinajstić information content (AvgIpc) is 2.99. The third-order valence-corrected chi connectivity index (χ3v) is 4.55. The first kappa shape index (κ1) is 16.7. The maximum Gasteiger partial charge on any atom is 0.238 e. The topological polar surface area (TPSA) is 32.3 Å². The molecule has 0 aliphatic heterocycles. The minimum Gasteiger partial charge on any atom is -0.325 e. The second-order valence-electron chi connectivity index (χ2n) is 5.78. The lowest BCUT2D eigenvalue weighted by atomic mass is 9.99. The number of thiophene rings is 1. The Morgan fingerprint density at radius 2 is 2.00 bits per heavy atom. The molecule has 1 atom stereocenters. The van der Waals surface area contributed by atoms with Crippen LogP contribution < -0.4 is 5.32 Å². The van der Waals surface area contributed by atoms with Crippen molar-refractivity contribution in [3.05, 3.63) is 52.2 Å². The zero-order valence-corrected chi connectivity index (χ0v) is 14.3. The molecule has 3 nitrogen and oxygen atoms in total. The summed E-state index contributed by atoms with van der Waals surface area (Å²) >= 11 is 1.68. The Bertz CT molecular complexity index is 578. The quantitative estimate of drug-likeness (QED) is 0.824. The molecule has 2 rings (SSSR count). The minimum absolute atomic E-state index is 0.0222. The van der Waals surface area contributed by atoms with Crippen LogP contribution in [0.4, 0.5) is 5.69 Å². The molecular weight excluding hydrogens is 292 g/mol. The minimum atomic E-state index is 0.0222. The van der Waals surface area contributed by atoms with Crippen molar-refractivity contribution in [2.24, 2.45) is 0 Å². The van der Waals surface area contributed by atoms with E-state index in [4.69, 9.17) is 0 Å². The molecule has 2 aromatic rings. The predicted molar refractivity (Wildman–Crippen MR) is 94.4 cm³/mol. The van der Waals surface area contributed by atoms with Crippen molar-refractivity contribution in [3.63, 3.8) is 0 Å². The number of rotatable bonds is 7. The molecule has 0 aliphatic rings. The van der Waals surface area contributed by atoms with Gasteiger partial charge in [-0.1, -0.05) is 26.0 Å². The molecule has 4 heteroatoms. The van der Waals surface area contributed by atoms with Crippen LogP contribution in [0.1, 0.15) is 37.3 Å². The first-order valence-electron chi connectivity index (χ1n) is 7.68. The van der Waals surface area contributed by atoms with Gasteiger partial charge >= 0.3 is 0 Å². The molecule has 0 unspecified atom stereocenters. The molecule has 0 fully saturated rings.